The highest BCUT2D eigenvalue weighted by Crippen LogP contribution is 2.34. The Hall–Kier alpha value is -4.68. The van der Waals surface area contributed by atoms with E-state index in [-0.39, 0.29) is 30.5 Å². The molecular weight excluding hydrogens is 589 g/mol. The molecule has 2 heterocycles. The van der Waals surface area contributed by atoms with Crippen molar-refractivity contribution in [3.63, 3.8) is 0 Å². The topological polar surface area (TPSA) is 138 Å². The van der Waals surface area contributed by atoms with Crippen LogP contribution in [0.2, 0.25) is 0 Å². The number of rotatable bonds is 15. The van der Waals surface area contributed by atoms with E-state index in [1.165, 1.54) is 20.3 Å². The normalized spacial score (nSPS) is 11.4. The van der Waals surface area contributed by atoms with Gasteiger partial charge < -0.3 is 35.6 Å². The lowest BCUT2D eigenvalue weighted by Gasteiger charge is -2.16. The van der Waals surface area contributed by atoms with E-state index in [9.17, 15) is 4.79 Å². The molecule has 0 saturated carbocycles. The van der Waals surface area contributed by atoms with Crippen LogP contribution in [0.3, 0.4) is 0 Å². The van der Waals surface area contributed by atoms with Crippen molar-refractivity contribution < 1.29 is 28.9 Å². The Bertz CT molecular complexity index is 1690. The Balaban J connectivity index is 1.57. The summed E-state index contributed by atoms with van der Waals surface area (Å²) in [6.45, 7) is 5.60. The van der Waals surface area contributed by atoms with Gasteiger partial charge in [-0.25, -0.2) is 4.39 Å². The molecule has 0 aliphatic carbocycles. The molecule has 11 heteroatoms. The van der Waals surface area contributed by atoms with Crippen LogP contribution in [0.4, 0.5) is 10.1 Å². The summed E-state index contributed by atoms with van der Waals surface area (Å²) in [5.74, 6) is 0.119. The first kappa shape index (κ1) is 34.2. The minimum Gasteiger partial charge on any atom is -0.496 e. The summed E-state index contributed by atoms with van der Waals surface area (Å²) in [5, 5.41) is 27.1. The Morgan fingerprint density at radius 3 is 1.96 bits per heavy atom. The van der Waals surface area contributed by atoms with Gasteiger partial charge in [-0.1, -0.05) is 30.3 Å². The maximum absolute atomic E-state index is 15.5. The van der Waals surface area contributed by atoms with E-state index in [2.05, 4.69) is 25.9 Å². The van der Waals surface area contributed by atoms with Crippen molar-refractivity contribution in [1.82, 2.24) is 20.6 Å². The maximum Gasteiger partial charge on any atom is 0.274 e. The lowest BCUT2D eigenvalue weighted by Crippen LogP contribution is -2.19. The number of ether oxygens (including phenoxy) is 2. The zero-order valence-corrected chi connectivity index (χ0v) is 26.5. The van der Waals surface area contributed by atoms with Gasteiger partial charge in [0.15, 0.2) is 0 Å². The summed E-state index contributed by atoms with van der Waals surface area (Å²) in [5.41, 5.74) is 6.66. The van der Waals surface area contributed by atoms with Gasteiger partial charge in [0, 0.05) is 67.5 Å². The Kier molecular flexibility index (Phi) is 12.3. The van der Waals surface area contributed by atoms with Crippen molar-refractivity contribution in [3.05, 3.63) is 100 Å². The van der Waals surface area contributed by atoms with Crippen molar-refractivity contribution >= 4 is 23.5 Å². The van der Waals surface area contributed by atoms with Crippen LogP contribution in [-0.4, -0.2) is 66.6 Å². The van der Waals surface area contributed by atoms with Gasteiger partial charge in [0.25, 0.3) is 5.91 Å². The first-order valence-corrected chi connectivity index (χ1v) is 14.9. The number of nitrogens with one attached hydrogen (secondary N) is 3. The van der Waals surface area contributed by atoms with Crippen LogP contribution in [0.5, 0.6) is 11.5 Å². The highest BCUT2D eigenvalue weighted by molar-refractivity contribution is 6.04. The predicted octanol–water partition coefficient (Wildman–Crippen LogP) is 4.66. The van der Waals surface area contributed by atoms with E-state index < -0.39 is 5.83 Å². The minimum absolute atomic E-state index is 0.00952. The summed E-state index contributed by atoms with van der Waals surface area (Å²) < 4.78 is 26.4. The van der Waals surface area contributed by atoms with E-state index in [0.29, 0.717) is 48.9 Å². The fourth-order valence-corrected chi connectivity index (χ4v) is 5.00. The molecule has 0 bridgehead atoms. The van der Waals surface area contributed by atoms with Gasteiger partial charge in [-0.3, -0.25) is 14.8 Å². The molecule has 0 aliphatic rings. The van der Waals surface area contributed by atoms with Crippen LogP contribution in [0.25, 0.3) is 23.0 Å². The number of carbonyl (C=O) groups excluding carboxylic acids is 1. The average molecular weight is 630 g/mol. The third kappa shape index (κ3) is 8.32. The number of aromatic nitrogens is 2. The van der Waals surface area contributed by atoms with Crippen molar-refractivity contribution in [2.45, 2.75) is 26.9 Å². The number of nitrogens with zero attached hydrogens (tertiary/aromatic N) is 2. The van der Waals surface area contributed by atoms with Gasteiger partial charge >= 0.3 is 0 Å². The Morgan fingerprint density at radius 1 is 0.826 bits per heavy atom. The van der Waals surface area contributed by atoms with Gasteiger partial charge in [-0.2, -0.15) is 0 Å². The summed E-state index contributed by atoms with van der Waals surface area (Å²) >= 11 is 0. The second-order valence-corrected chi connectivity index (χ2v) is 10.5. The molecule has 0 aliphatic heterocycles. The van der Waals surface area contributed by atoms with E-state index in [1.54, 1.807) is 24.5 Å². The van der Waals surface area contributed by atoms with Gasteiger partial charge in [-0.15, -0.1) is 0 Å². The third-order valence-electron chi connectivity index (χ3n) is 7.54. The first-order chi connectivity index (χ1) is 22.3. The number of methoxy groups -OCH3 is 2. The van der Waals surface area contributed by atoms with E-state index in [0.717, 1.165) is 33.4 Å². The van der Waals surface area contributed by atoms with E-state index in [1.807, 2.05) is 50.2 Å². The van der Waals surface area contributed by atoms with Gasteiger partial charge in [0.1, 0.15) is 28.7 Å². The van der Waals surface area contributed by atoms with E-state index >= 15 is 4.39 Å². The molecular formula is C35H40FN5O5. The molecule has 0 unspecified atom stereocenters. The van der Waals surface area contributed by atoms with E-state index in [4.69, 9.17) is 19.7 Å². The number of amides is 1. The number of hydrogen-bond donors (Lipinski definition) is 5. The fraction of sp³-hybridized carbons (Fsp3) is 0.286. The van der Waals surface area contributed by atoms with Crippen molar-refractivity contribution in [1.29, 1.82) is 0 Å². The second-order valence-electron chi connectivity index (χ2n) is 10.5. The molecule has 242 valence electrons. The summed E-state index contributed by atoms with van der Waals surface area (Å²) in [7, 11) is 3.05. The number of hydrogen-bond acceptors (Lipinski definition) is 9. The number of benzene rings is 2. The number of halogens is 1. The molecule has 2 aromatic heterocycles. The Morgan fingerprint density at radius 2 is 1.37 bits per heavy atom. The molecule has 5 N–H and O–H groups in total. The first-order valence-electron chi connectivity index (χ1n) is 14.9. The standard InChI is InChI=1S/C35H40FN5O5/c1-22-24(15-29(36)31-16-33(45-3)25(20-39-31)18-37-11-13-42)7-5-8-27(22)28-9-6-10-30(23(28)2)41-35(44)32-17-34(46-4)26(21-40-32)19-38-12-14-43/h5-10,15-17,20-21,37-38,42-43H,11-14,18-19H2,1-4H3,(H,41,44)/b29-15-. The zero-order chi connectivity index (χ0) is 33.1. The van der Waals surface area contributed by atoms with Crippen LogP contribution in [0, 0.1) is 13.8 Å². The quantitative estimate of drug-likeness (QED) is 0.119. The molecule has 0 atom stereocenters. The predicted molar refractivity (Wildman–Crippen MR) is 177 cm³/mol. The summed E-state index contributed by atoms with van der Waals surface area (Å²) in [6, 6.07) is 14.5. The van der Waals surface area contributed by atoms with Crippen molar-refractivity contribution in [2.24, 2.45) is 0 Å². The molecule has 0 radical (unpaired) electrons. The largest absolute Gasteiger partial charge is 0.496 e. The van der Waals surface area contributed by atoms with Gasteiger partial charge in [-0.05, 0) is 53.8 Å². The van der Waals surface area contributed by atoms with Crippen molar-refractivity contribution in [2.75, 3.05) is 45.8 Å². The van der Waals surface area contributed by atoms with Crippen LogP contribution >= 0.6 is 0 Å². The minimum atomic E-state index is -0.510. The highest BCUT2D eigenvalue weighted by Gasteiger charge is 2.16. The fourth-order valence-electron chi connectivity index (χ4n) is 5.00. The van der Waals surface area contributed by atoms with Gasteiger partial charge in [0.2, 0.25) is 0 Å². The van der Waals surface area contributed by atoms with Crippen molar-refractivity contribution in [3.8, 4) is 22.6 Å². The molecule has 1 amide bonds. The molecule has 0 spiro atoms. The third-order valence-corrected chi connectivity index (χ3v) is 7.54. The highest BCUT2D eigenvalue weighted by atomic mass is 19.1. The molecule has 10 nitrogen and oxygen atoms in total. The monoisotopic (exact) mass is 629 g/mol. The number of aliphatic hydroxyl groups is 2. The van der Waals surface area contributed by atoms with Crippen LogP contribution in [-0.2, 0) is 13.1 Å². The van der Waals surface area contributed by atoms with Gasteiger partial charge in [0.05, 0.1) is 27.4 Å². The summed E-state index contributed by atoms with van der Waals surface area (Å²) in [4.78, 5) is 21.8. The van der Waals surface area contributed by atoms with Crippen LogP contribution in [0.1, 0.15) is 44.0 Å². The molecule has 4 rings (SSSR count). The Labute approximate surface area is 268 Å². The molecule has 46 heavy (non-hydrogen) atoms. The lowest BCUT2D eigenvalue weighted by atomic mass is 9.92. The van der Waals surface area contributed by atoms with Crippen LogP contribution < -0.4 is 25.4 Å². The molecule has 4 aromatic rings. The maximum atomic E-state index is 15.5. The molecule has 0 fully saturated rings. The lowest BCUT2D eigenvalue weighted by molar-refractivity contribution is 0.102. The number of carbonyl (C=O) groups is 1. The molecule has 2 aromatic carbocycles. The zero-order valence-electron chi connectivity index (χ0n) is 26.5. The number of anilines is 1. The second kappa shape index (κ2) is 16.6. The number of pyridine rings is 2. The SMILES string of the molecule is COc1cc(C(=O)Nc2cccc(-c3cccc(/C=C(\F)c4cc(OC)c(CNCCO)cn4)c3C)c2C)ncc1CNCCO. The smallest absolute Gasteiger partial charge is 0.274 e. The molecule has 0 saturated heterocycles. The number of aliphatic hydroxyl groups excluding tert-OH is 2. The van der Waals surface area contributed by atoms with Crippen LogP contribution in [0.15, 0.2) is 60.9 Å². The average Bonchev–Trinajstić information content (AvgIpc) is 3.07. The summed E-state index contributed by atoms with van der Waals surface area (Å²) in [6.07, 6.45) is 4.60.